The van der Waals surface area contributed by atoms with E-state index in [0.717, 1.165) is 63.4 Å². The first-order valence-electron chi connectivity index (χ1n) is 8.75. The average Bonchev–Trinajstić information content (AvgIpc) is 3.17. The van der Waals surface area contributed by atoms with Crippen molar-refractivity contribution >= 4 is 11.7 Å². The number of carbonyl (C=O) groups excluding carboxylic acids is 1. The van der Waals surface area contributed by atoms with Crippen LogP contribution in [0.3, 0.4) is 0 Å². The third kappa shape index (κ3) is 2.98. The molecule has 2 aliphatic rings. The maximum absolute atomic E-state index is 12.6. The molecule has 2 aromatic rings. The van der Waals surface area contributed by atoms with Gasteiger partial charge in [0, 0.05) is 26.2 Å². The number of benzene rings is 1. The van der Waals surface area contributed by atoms with Crippen LogP contribution < -0.4 is 4.90 Å². The summed E-state index contributed by atoms with van der Waals surface area (Å²) < 4.78 is 0. The van der Waals surface area contributed by atoms with E-state index in [4.69, 9.17) is 4.98 Å². The van der Waals surface area contributed by atoms with Crippen LogP contribution in [0, 0.1) is 0 Å². The van der Waals surface area contributed by atoms with Crippen molar-refractivity contribution in [1.82, 2.24) is 14.9 Å². The van der Waals surface area contributed by atoms with Crippen LogP contribution in [0.4, 0.5) is 5.82 Å². The van der Waals surface area contributed by atoms with Gasteiger partial charge in [-0.3, -0.25) is 9.78 Å². The molecule has 3 heterocycles. The molecule has 124 valence electrons. The average molecular weight is 322 g/mol. The smallest absolute Gasteiger partial charge is 0.274 e. The number of aryl methyl sites for hydroxylation is 1. The Labute approximate surface area is 142 Å². The van der Waals surface area contributed by atoms with Crippen LogP contribution in [0.25, 0.3) is 0 Å². The van der Waals surface area contributed by atoms with Gasteiger partial charge in [-0.15, -0.1) is 0 Å². The quantitative estimate of drug-likeness (QED) is 0.872. The predicted molar refractivity (Wildman–Crippen MR) is 93.0 cm³/mol. The number of hydrogen-bond donors (Lipinski definition) is 0. The van der Waals surface area contributed by atoms with E-state index < -0.39 is 0 Å². The van der Waals surface area contributed by atoms with Gasteiger partial charge < -0.3 is 9.80 Å². The first kappa shape index (κ1) is 15.1. The number of aromatic nitrogens is 2. The Balaban J connectivity index is 1.60. The molecule has 0 spiro atoms. The van der Waals surface area contributed by atoms with Crippen LogP contribution in [-0.4, -0.2) is 40.4 Å². The van der Waals surface area contributed by atoms with Gasteiger partial charge in [-0.05, 0) is 31.2 Å². The van der Waals surface area contributed by atoms with E-state index in [1.807, 2.05) is 11.0 Å². The summed E-state index contributed by atoms with van der Waals surface area (Å²) in [6.45, 7) is 3.44. The third-order valence-corrected chi connectivity index (χ3v) is 4.80. The molecule has 0 radical (unpaired) electrons. The summed E-state index contributed by atoms with van der Waals surface area (Å²) in [5.74, 6) is 0.906. The minimum Gasteiger partial charge on any atom is -0.351 e. The van der Waals surface area contributed by atoms with Crippen molar-refractivity contribution in [3.8, 4) is 0 Å². The normalized spacial score (nSPS) is 17.0. The number of amides is 1. The number of hydrogen-bond acceptors (Lipinski definition) is 4. The summed E-state index contributed by atoms with van der Waals surface area (Å²) in [6.07, 6.45) is 5.85. The van der Waals surface area contributed by atoms with Gasteiger partial charge >= 0.3 is 0 Å². The lowest BCUT2D eigenvalue weighted by molar-refractivity contribution is 0.0786. The lowest BCUT2D eigenvalue weighted by atomic mass is 10.1. The van der Waals surface area contributed by atoms with Crippen molar-refractivity contribution < 1.29 is 4.79 Å². The fourth-order valence-corrected chi connectivity index (χ4v) is 3.52. The monoisotopic (exact) mass is 322 g/mol. The van der Waals surface area contributed by atoms with E-state index in [-0.39, 0.29) is 5.91 Å². The maximum atomic E-state index is 12.6. The van der Waals surface area contributed by atoms with Crippen molar-refractivity contribution in [2.45, 2.75) is 32.2 Å². The molecule has 0 bridgehead atoms. The molecule has 1 amide bonds. The second-order valence-corrected chi connectivity index (χ2v) is 6.54. The highest BCUT2D eigenvalue weighted by Crippen LogP contribution is 2.25. The molecule has 1 fully saturated rings. The minimum absolute atomic E-state index is 0.0213. The summed E-state index contributed by atoms with van der Waals surface area (Å²) in [7, 11) is 0. The Bertz CT molecular complexity index is 725. The predicted octanol–water partition coefficient (Wildman–Crippen LogP) is 2.67. The molecule has 1 aromatic carbocycles. The van der Waals surface area contributed by atoms with E-state index in [1.165, 1.54) is 5.56 Å². The van der Waals surface area contributed by atoms with Gasteiger partial charge in [0.05, 0.1) is 11.9 Å². The van der Waals surface area contributed by atoms with Gasteiger partial charge in [0.25, 0.3) is 5.91 Å². The molecule has 1 saturated heterocycles. The highest BCUT2D eigenvalue weighted by molar-refractivity contribution is 5.92. The van der Waals surface area contributed by atoms with Gasteiger partial charge in [-0.25, -0.2) is 4.98 Å². The molecule has 24 heavy (non-hydrogen) atoms. The fraction of sp³-hybridized carbons (Fsp3) is 0.421. The highest BCUT2D eigenvalue weighted by Gasteiger charge is 2.25. The summed E-state index contributed by atoms with van der Waals surface area (Å²) in [6, 6.07) is 10.4. The summed E-state index contributed by atoms with van der Waals surface area (Å²) in [4.78, 5) is 26.0. The zero-order chi connectivity index (χ0) is 16.4. The number of fused-ring (bicyclic) bond motifs is 1. The molecule has 5 heteroatoms. The number of likely N-dealkylation sites (tertiary alicyclic amines) is 1. The van der Waals surface area contributed by atoms with Gasteiger partial charge in [0.2, 0.25) is 0 Å². The Morgan fingerprint density at radius 1 is 1.04 bits per heavy atom. The number of carbonyl (C=O) groups is 1. The molecule has 0 atom stereocenters. The lowest BCUT2D eigenvalue weighted by Crippen LogP contribution is -2.33. The van der Waals surface area contributed by atoms with Crippen molar-refractivity contribution in [1.29, 1.82) is 0 Å². The van der Waals surface area contributed by atoms with Crippen molar-refractivity contribution in [2.75, 3.05) is 24.5 Å². The maximum Gasteiger partial charge on any atom is 0.274 e. The fourth-order valence-electron chi connectivity index (χ4n) is 3.52. The third-order valence-electron chi connectivity index (χ3n) is 4.80. The minimum atomic E-state index is 0.0213. The van der Waals surface area contributed by atoms with Crippen LogP contribution in [0.15, 0.2) is 36.5 Å². The van der Waals surface area contributed by atoms with Crippen LogP contribution in [-0.2, 0) is 13.0 Å². The van der Waals surface area contributed by atoms with Gasteiger partial charge in [0.1, 0.15) is 5.69 Å². The lowest BCUT2D eigenvalue weighted by Gasteiger charge is -2.30. The van der Waals surface area contributed by atoms with Crippen LogP contribution >= 0.6 is 0 Å². The molecule has 0 unspecified atom stereocenters. The van der Waals surface area contributed by atoms with Crippen LogP contribution in [0.2, 0.25) is 0 Å². The van der Waals surface area contributed by atoms with Crippen LogP contribution in [0.5, 0.6) is 0 Å². The first-order valence-corrected chi connectivity index (χ1v) is 8.75. The van der Waals surface area contributed by atoms with E-state index in [0.29, 0.717) is 5.69 Å². The molecule has 0 N–H and O–H groups in total. The Kier molecular flexibility index (Phi) is 4.15. The SMILES string of the molecule is O=C(c1cnc2c(n1)N(Cc1ccccc1)CCC2)N1CCCC1. The van der Waals surface area contributed by atoms with Crippen molar-refractivity contribution in [3.63, 3.8) is 0 Å². The van der Waals surface area contributed by atoms with E-state index in [2.05, 4.69) is 34.1 Å². The molecule has 4 rings (SSSR count). The number of nitrogens with zero attached hydrogens (tertiary/aromatic N) is 4. The van der Waals surface area contributed by atoms with Gasteiger partial charge in [-0.1, -0.05) is 30.3 Å². The standard InChI is InChI=1S/C19H22N4O/c24-19(22-10-4-5-11-22)17-13-20-16-9-6-12-23(18(16)21-17)14-15-7-2-1-3-8-15/h1-3,7-8,13H,4-6,9-12,14H2. The van der Waals surface area contributed by atoms with E-state index in [1.54, 1.807) is 6.20 Å². The topological polar surface area (TPSA) is 49.3 Å². The van der Waals surface area contributed by atoms with E-state index >= 15 is 0 Å². The molecule has 2 aliphatic heterocycles. The molecular formula is C19H22N4O. The van der Waals surface area contributed by atoms with Gasteiger partial charge in [0.15, 0.2) is 5.82 Å². The summed E-state index contributed by atoms with van der Waals surface area (Å²) in [5.41, 5.74) is 2.74. The zero-order valence-corrected chi connectivity index (χ0v) is 13.8. The first-order chi connectivity index (χ1) is 11.8. The molecule has 0 saturated carbocycles. The van der Waals surface area contributed by atoms with Crippen molar-refractivity contribution in [2.24, 2.45) is 0 Å². The summed E-state index contributed by atoms with van der Waals surface area (Å²) >= 11 is 0. The molecule has 0 aliphatic carbocycles. The Morgan fingerprint density at radius 2 is 1.83 bits per heavy atom. The highest BCUT2D eigenvalue weighted by atomic mass is 16.2. The largest absolute Gasteiger partial charge is 0.351 e. The van der Waals surface area contributed by atoms with E-state index in [9.17, 15) is 4.79 Å². The molecular weight excluding hydrogens is 300 g/mol. The zero-order valence-electron chi connectivity index (χ0n) is 13.8. The summed E-state index contributed by atoms with van der Waals surface area (Å²) in [5, 5.41) is 0. The number of anilines is 1. The van der Waals surface area contributed by atoms with Crippen molar-refractivity contribution in [3.05, 3.63) is 53.5 Å². The second-order valence-electron chi connectivity index (χ2n) is 6.54. The Hall–Kier alpha value is -2.43. The van der Waals surface area contributed by atoms with Gasteiger partial charge in [-0.2, -0.15) is 0 Å². The Morgan fingerprint density at radius 3 is 2.62 bits per heavy atom. The molecule has 5 nitrogen and oxygen atoms in total. The molecule has 1 aromatic heterocycles. The second kappa shape index (κ2) is 6.59. The number of rotatable bonds is 3. The van der Waals surface area contributed by atoms with Crippen LogP contribution in [0.1, 0.15) is 41.0 Å².